The maximum Gasteiger partial charge on any atom is 0.269 e. The number of nitrogens with zero attached hydrogens (tertiary/aromatic N) is 2. The van der Waals surface area contributed by atoms with E-state index in [0.29, 0.717) is 11.6 Å². The highest BCUT2D eigenvalue weighted by Gasteiger charge is 2.14. The van der Waals surface area contributed by atoms with E-state index in [1.807, 2.05) is 20.0 Å². The second-order valence-corrected chi connectivity index (χ2v) is 5.25. The van der Waals surface area contributed by atoms with Gasteiger partial charge in [0.15, 0.2) is 0 Å². The highest BCUT2D eigenvalue weighted by molar-refractivity contribution is 9.09. The molecule has 1 amide bonds. The van der Waals surface area contributed by atoms with Crippen molar-refractivity contribution in [2.24, 2.45) is 13.0 Å². The van der Waals surface area contributed by atoms with Crippen molar-refractivity contribution in [3.8, 4) is 0 Å². The zero-order chi connectivity index (χ0) is 13.5. The van der Waals surface area contributed by atoms with Crippen LogP contribution in [-0.4, -0.2) is 27.6 Å². The second-order valence-electron chi connectivity index (χ2n) is 4.46. The van der Waals surface area contributed by atoms with Gasteiger partial charge in [-0.25, -0.2) is 0 Å². The Kier molecular flexibility index (Phi) is 6.39. The van der Waals surface area contributed by atoms with Gasteiger partial charge in [-0.05, 0) is 24.8 Å². The highest BCUT2D eigenvalue weighted by Crippen LogP contribution is 2.09. The summed E-state index contributed by atoms with van der Waals surface area (Å²) in [6, 6.07) is 1.86. The van der Waals surface area contributed by atoms with Crippen LogP contribution in [0.25, 0.3) is 0 Å². The summed E-state index contributed by atoms with van der Waals surface area (Å²) < 4.78 is 1.65. The normalized spacial score (nSPS) is 12.4. The minimum absolute atomic E-state index is 0.0299. The summed E-state index contributed by atoms with van der Waals surface area (Å²) in [6.07, 6.45) is 3.02. The first kappa shape index (κ1) is 15.2. The van der Waals surface area contributed by atoms with Gasteiger partial charge in [-0.1, -0.05) is 36.2 Å². The number of carbonyl (C=O) groups excluding carboxylic acids is 1. The smallest absolute Gasteiger partial charge is 0.269 e. The Bertz CT molecular complexity index is 390. The van der Waals surface area contributed by atoms with Gasteiger partial charge in [-0.3, -0.25) is 9.48 Å². The third-order valence-corrected chi connectivity index (χ3v) is 3.63. The minimum atomic E-state index is -0.0299. The number of alkyl halides is 1. The summed E-state index contributed by atoms with van der Waals surface area (Å²) in [6.45, 7) is 4.92. The van der Waals surface area contributed by atoms with Crippen molar-refractivity contribution in [3.05, 3.63) is 17.5 Å². The van der Waals surface area contributed by atoms with Gasteiger partial charge >= 0.3 is 0 Å². The van der Waals surface area contributed by atoms with Crippen LogP contribution in [0.5, 0.6) is 0 Å². The van der Waals surface area contributed by atoms with Crippen LogP contribution in [0.1, 0.15) is 42.9 Å². The minimum Gasteiger partial charge on any atom is -0.350 e. The summed E-state index contributed by atoms with van der Waals surface area (Å²) in [5.41, 5.74) is 1.59. The maximum atomic E-state index is 12.0. The Morgan fingerprint density at radius 3 is 2.78 bits per heavy atom. The van der Waals surface area contributed by atoms with E-state index in [2.05, 4.69) is 33.3 Å². The summed E-state index contributed by atoms with van der Waals surface area (Å²) in [5, 5.41) is 8.25. The van der Waals surface area contributed by atoms with Gasteiger partial charge in [0.25, 0.3) is 5.91 Å². The van der Waals surface area contributed by atoms with Crippen molar-refractivity contribution in [1.82, 2.24) is 15.1 Å². The van der Waals surface area contributed by atoms with Gasteiger partial charge in [-0.2, -0.15) is 5.10 Å². The van der Waals surface area contributed by atoms with E-state index in [0.717, 1.165) is 36.8 Å². The number of halogens is 1. The van der Waals surface area contributed by atoms with Gasteiger partial charge in [0.1, 0.15) is 5.69 Å². The van der Waals surface area contributed by atoms with Gasteiger partial charge in [-0.15, -0.1) is 0 Å². The van der Waals surface area contributed by atoms with E-state index < -0.39 is 0 Å². The quantitative estimate of drug-likeness (QED) is 0.786. The van der Waals surface area contributed by atoms with Crippen molar-refractivity contribution in [1.29, 1.82) is 0 Å². The monoisotopic (exact) mass is 315 g/mol. The van der Waals surface area contributed by atoms with Crippen molar-refractivity contribution in [2.75, 3.05) is 11.9 Å². The molecule has 0 aliphatic rings. The maximum absolute atomic E-state index is 12.0. The summed E-state index contributed by atoms with van der Waals surface area (Å²) in [5.74, 6) is 0.505. The number of hydrogen-bond donors (Lipinski definition) is 1. The lowest BCUT2D eigenvalue weighted by atomic mass is 10.0. The fourth-order valence-electron chi connectivity index (χ4n) is 1.84. The van der Waals surface area contributed by atoms with Crippen LogP contribution in [0, 0.1) is 5.92 Å². The van der Waals surface area contributed by atoms with Crippen molar-refractivity contribution >= 4 is 21.8 Å². The lowest BCUT2D eigenvalue weighted by molar-refractivity contribution is 0.0937. The Balaban J connectivity index is 2.56. The van der Waals surface area contributed by atoms with Gasteiger partial charge < -0.3 is 5.32 Å². The van der Waals surface area contributed by atoms with E-state index in [1.54, 1.807) is 4.68 Å². The molecular formula is C13H22BrN3O. The van der Waals surface area contributed by atoms with Gasteiger partial charge in [0, 0.05) is 18.9 Å². The molecule has 0 aromatic carbocycles. The number of aromatic nitrogens is 2. The number of nitrogens with one attached hydrogen (secondary N) is 1. The SMILES string of the molecule is CCc1cc(C(=O)NCC(CC)CCBr)n(C)n1. The molecule has 0 fully saturated rings. The lowest BCUT2D eigenvalue weighted by Gasteiger charge is -2.14. The standard InChI is InChI=1S/C13H22BrN3O/c1-4-10(6-7-14)9-15-13(18)12-8-11(5-2)16-17(12)3/h8,10H,4-7,9H2,1-3H3,(H,15,18). The Morgan fingerprint density at radius 1 is 1.56 bits per heavy atom. The molecule has 1 unspecified atom stereocenters. The van der Waals surface area contributed by atoms with Crippen molar-refractivity contribution in [3.63, 3.8) is 0 Å². The average molecular weight is 316 g/mol. The molecule has 1 atom stereocenters. The van der Waals surface area contributed by atoms with Crippen LogP contribution < -0.4 is 5.32 Å². The average Bonchev–Trinajstić information content (AvgIpc) is 2.75. The molecule has 1 rings (SSSR count). The molecule has 5 heteroatoms. The van der Waals surface area contributed by atoms with Crippen LogP contribution in [0.2, 0.25) is 0 Å². The Hall–Kier alpha value is -0.840. The molecule has 1 aromatic rings. The Labute approximate surface area is 117 Å². The molecule has 1 aromatic heterocycles. The van der Waals surface area contributed by atoms with E-state index in [1.165, 1.54) is 0 Å². The molecule has 0 saturated heterocycles. The summed E-state index contributed by atoms with van der Waals surface area (Å²) in [4.78, 5) is 12.0. The number of aryl methyl sites for hydroxylation is 2. The Morgan fingerprint density at radius 2 is 2.28 bits per heavy atom. The molecule has 102 valence electrons. The number of carbonyl (C=O) groups is 1. The van der Waals surface area contributed by atoms with Crippen LogP contribution in [-0.2, 0) is 13.5 Å². The largest absolute Gasteiger partial charge is 0.350 e. The molecular weight excluding hydrogens is 294 g/mol. The summed E-state index contributed by atoms with van der Waals surface area (Å²) in [7, 11) is 1.81. The number of amides is 1. The third-order valence-electron chi connectivity index (χ3n) is 3.17. The van der Waals surface area contributed by atoms with E-state index in [4.69, 9.17) is 0 Å². The fourth-order valence-corrected chi connectivity index (χ4v) is 2.49. The molecule has 18 heavy (non-hydrogen) atoms. The van der Waals surface area contributed by atoms with Crippen LogP contribution in [0.4, 0.5) is 0 Å². The zero-order valence-electron chi connectivity index (χ0n) is 11.4. The predicted octanol–water partition coefficient (Wildman–Crippen LogP) is 2.52. The molecule has 0 bridgehead atoms. The molecule has 1 N–H and O–H groups in total. The predicted molar refractivity (Wildman–Crippen MR) is 77.1 cm³/mol. The van der Waals surface area contributed by atoms with Crippen LogP contribution in [0.15, 0.2) is 6.07 Å². The van der Waals surface area contributed by atoms with E-state index in [-0.39, 0.29) is 5.91 Å². The first-order valence-electron chi connectivity index (χ1n) is 6.49. The molecule has 0 radical (unpaired) electrons. The highest BCUT2D eigenvalue weighted by atomic mass is 79.9. The third kappa shape index (κ3) is 4.12. The lowest BCUT2D eigenvalue weighted by Crippen LogP contribution is -2.30. The number of rotatable bonds is 7. The topological polar surface area (TPSA) is 46.9 Å². The molecule has 0 saturated carbocycles. The molecule has 0 aliphatic heterocycles. The molecule has 0 spiro atoms. The van der Waals surface area contributed by atoms with Crippen molar-refractivity contribution in [2.45, 2.75) is 33.1 Å². The van der Waals surface area contributed by atoms with Crippen molar-refractivity contribution < 1.29 is 4.79 Å². The first-order chi connectivity index (χ1) is 8.62. The second kappa shape index (κ2) is 7.56. The van der Waals surface area contributed by atoms with E-state index >= 15 is 0 Å². The fraction of sp³-hybridized carbons (Fsp3) is 0.692. The van der Waals surface area contributed by atoms with Gasteiger partial charge in [0.05, 0.1) is 5.69 Å². The molecule has 1 heterocycles. The van der Waals surface area contributed by atoms with Gasteiger partial charge in [0.2, 0.25) is 0 Å². The number of hydrogen-bond acceptors (Lipinski definition) is 2. The van der Waals surface area contributed by atoms with Crippen LogP contribution in [0.3, 0.4) is 0 Å². The summed E-state index contributed by atoms with van der Waals surface area (Å²) >= 11 is 3.44. The first-order valence-corrected chi connectivity index (χ1v) is 7.61. The van der Waals surface area contributed by atoms with E-state index in [9.17, 15) is 4.79 Å². The molecule has 4 nitrogen and oxygen atoms in total. The zero-order valence-corrected chi connectivity index (χ0v) is 13.0. The van der Waals surface area contributed by atoms with Crippen LogP contribution >= 0.6 is 15.9 Å². The molecule has 0 aliphatic carbocycles.